The zero-order valence-electron chi connectivity index (χ0n) is 17.5. The summed E-state index contributed by atoms with van der Waals surface area (Å²) >= 11 is 0. The maximum Gasteiger partial charge on any atom is 0.231 e. The Bertz CT molecular complexity index is 669. The number of nitrogens with zero attached hydrogens (tertiary/aromatic N) is 1. The zero-order valence-corrected chi connectivity index (χ0v) is 17.5. The third-order valence-corrected chi connectivity index (χ3v) is 5.80. The van der Waals surface area contributed by atoms with Gasteiger partial charge in [-0.2, -0.15) is 0 Å². The fourth-order valence-corrected chi connectivity index (χ4v) is 3.97. The van der Waals surface area contributed by atoms with Crippen LogP contribution in [0.3, 0.4) is 0 Å². The highest BCUT2D eigenvalue weighted by molar-refractivity contribution is 5.78. The largest absolute Gasteiger partial charge is 0.454 e. The van der Waals surface area contributed by atoms with Gasteiger partial charge < -0.3 is 25.3 Å². The molecule has 0 bridgehead atoms. The van der Waals surface area contributed by atoms with Gasteiger partial charge in [0.25, 0.3) is 0 Å². The molecule has 2 aliphatic heterocycles. The van der Waals surface area contributed by atoms with E-state index in [1.165, 1.54) is 18.4 Å². The van der Waals surface area contributed by atoms with Crippen LogP contribution in [0.25, 0.3) is 0 Å². The lowest BCUT2D eigenvalue weighted by Crippen LogP contribution is -2.41. The van der Waals surface area contributed by atoms with Crippen LogP contribution in [0.2, 0.25) is 0 Å². The van der Waals surface area contributed by atoms with Gasteiger partial charge in [-0.3, -0.25) is 4.99 Å². The average molecular weight is 390 g/mol. The van der Waals surface area contributed by atoms with Gasteiger partial charge in [0.15, 0.2) is 17.5 Å². The van der Waals surface area contributed by atoms with E-state index in [1.54, 1.807) is 0 Å². The van der Waals surface area contributed by atoms with Crippen LogP contribution in [0.15, 0.2) is 23.2 Å². The van der Waals surface area contributed by atoms with Crippen molar-refractivity contribution in [3.8, 4) is 11.5 Å². The molecule has 0 saturated carbocycles. The molecule has 1 fully saturated rings. The maximum atomic E-state index is 6.21. The number of hydrogen-bond acceptors (Lipinski definition) is 4. The van der Waals surface area contributed by atoms with Gasteiger partial charge in [0.1, 0.15) is 0 Å². The second-order valence-electron chi connectivity index (χ2n) is 8.53. The molecule has 1 atom stereocenters. The Morgan fingerprint density at radius 1 is 1.14 bits per heavy atom. The molecule has 6 heteroatoms. The van der Waals surface area contributed by atoms with Crippen LogP contribution in [0, 0.1) is 5.92 Å². The van der Waals surface area contributed by atoms with Crippen LogP contribution >= 0.6 is 0 Å². The van der Waals surface area contributed by atoms with E-state index in [9.17, 15) is 0 Å². The zero-order chi connectivity index (χ0) is 20.0. The molecule has 3 N–H and O–H groups in total. The number of ether oxygens (including phenoxy) is 3. The van der Waals surface area contributed by atoms with Crippen LogP contribution in [-0.2, 0) is 10.2 Å². The van der Waals surface area contributed by atoms with Crippen LogP contribution in [-0.4, -0.2) is 38.6 Å². The van der Waals surface area contributed by atoms with E-state index >= 15 is 0 Å². The van der Waals surface area contributed by atoms with E-state index in [-0.39, 0.29) is 5.41 Å². The fraction of sp³-hybridized carbons (Fsp3) is 0.682. The Morgan fingerprint density at radius 2 is 1.89 bits per heavy atom. The smallest absolute Gasteiger partial charge is 0.231 e. The Balaban J connectivity index is 1.64. The molecule has 0 spiro atoms. The van der Waals surface area contributed by atoms with Crippen molar-refractivity contribution in [2.45, 2.75) is 64.3 Å². The lowest BCUT2D eigenvalue weighted by atomic mass is 9.74. The highest BCUT2D eigenvalue weighted by Gasteiger charge is 2.35. The first kappa shape index (κ1) is 20.8. The molecular weight excluding hydrogens is 354 g/mol. The quantitative estimate of drug-likeness (QED) is 0.525. The number of fused-ring (bicyclic) bond motifs is 1. The molecule has 0 radical (unpaired) electrons. The summed E-state index contributed by atoms with van der Waals surface area (Å²) < 4.78 is 16.7. The van der Waals surface area contributed by atoms with Gasteiger partial charge in [0.05, 0.1) is 6.54 Å². The van der Waals surface area contributed by atoms with Crippen molar-refractivity contribution in [2.24, 2.45) is 16.6 Å². The minimum Gasteiger partial charge on any atom is -0.454 e. The molecule has 1 aromatic rings. The van der Waals surface area contributed by atoms with Crippen molar-refractivity contribution in [1.82, 2.24) is 5.32 Å². The lowest BCUT2D eigenvalue weighted by Gasteiger charge is -2.36. The number of nitrogens with one attached hydrogen (secondary N) is 1. The minimum absolute atomic E-state index is 0.0770. The molecule has 1 unspecified atom stereocenters. The molecule has 2 aliphatic rings. The number of benzene rings is 1. The molecule has 6 nitrogen and oxygen atoms in total. The van der Waals surface area contributed by atoms with Crippen LogP contribution in [0.1, 0.15) is 58.4 Å². The first-order valence-corrected chi connectivity index (χ1v) is 10.5. The van der Waals surface area contributed by atoms with E-state index in [2.05, 4.69) is 38.2 Å². The van der Waals surface area contributed by atoms with Crippen LogP contribution in [0.5, 0.6) is 11.5 Å². The molecule has 3 rings (SSSR count). The van der Waals surface area contributed by atoms with Gasteiger partial charge in [0, 0.05) is 24.7 Å². The summed E-state index contributed by atoms with van der Waals surface area (Å²) in [5, 5.41) is 3.36. The average Bonchev–Trinajstić information content (AvgIpc) is 3.14. The number of rotatable bonds is 8. The SMILES string of the molecule is CC(C)CCCC(C)NC(N)=NCC1(c2ccc3c(c2)OCO3)CCOCC1. The van der Waals surface area contributed by atoms with Gasteiger partial charge >= 0.3 is 0 Å². The summed E-state index contributed by atoms with van der Waals surface area (Å²) in [6, 6.07) is 6.56. The molecule has 156 valence electrons. The Labute approximate surface area is 168 Å². The van der Waals surface area contributed by atoms with Crippen molar-refractivity contribution in [3.05, 3.63) is 23.8 Å². The number of aliphatic imine (C=N–C) groups is 1. The lowest BCUT2D eigenvalue weighted by molar-refractivity contribution is 0.0530. The molecule has 0 amide bonds. The third kappa shape index (κ3) is 5.31. The van der Waals surface area contributed by atoms with Gasteiger partial charge in [-0.05, 0) is 49.8 Å². The summed E-state index contributed by atoms with van der Waals surface area (Å²) in [5.41, 5.74) is 7.36. The van der Waals surface area contributed by atoms with Gasteiger partial charge in [-0.15, -0.1) is 0 Å². The Kier molecular flexibility index (Phi) is 7.05. The molecule has 28 heavy (non-hydrogen) atoms. The second-order valence-corrected chi connectivity index (χ2v) is 8.53. The molecule has 0 aliphatic carbocycles. The summed E-state index contributed by atoms with van der Waals surface area (Å²) in [7, 11) is 0. The number of nitrogens with two attached hydrogens (primary N) is 1. The molecule has 1 aromatic carbocycles. The predicted octanol–water partition coefficient (Wildman–Crippen LogP) is 3.58. The van der Waals surface area contributed by atoms with Gasteiger partial charge in [-0.25, -0.2) is 0 Å². The van der Waals surface area contributed by atoms with Crippen molar-refractivity contribution in [3.63, 3.8) is 0 Å². The normalized spacial score (nSPS) is 19.6. The van der Waals surface area contributed by atoms with Gasteiger partial charge in [0.2, 0.25) is 6.79 Å². The van der Waals surface area contributed by atoms with E-state index in [4.69, 9.17) is 24.9 Å². The Morgan fingerprint density at radius 3 is 2.64 bits per heavy atom. The Hall–Kier alpha value is -1.95. The van der Waals surface area contributed by atoms with E-state index < -0.39 is 0 Å². The van der Waals surface area contributed by atoms with E-state index in [1.807, 2.05) is 6.07 Å². The maximum absolute atomic E-state index is 6.21. The van der Waals surface area contributed by atoms with Crippen LogP contribution in [0.4, 0.5) is 0 Å². The number of hydrogen-bond donors (Lipinski definition) is 2. The molecular formula is C22H35N3O3. The van der Waals surface area contributed by atoms with Crippen molar-refractivity contribution in [1.29, 1.82) is 0 Å². The highest BCUT2D eigenvalue weighted by atomic mass is 16.7. The standard InChI is InChI=1S/C22H35N3O3/c1-16(2)5-4-6-17(3)25-21(23)24-14-22(9-11-26-12-10-22)18-7-8-19-20(13-18)28-15-27-19/h7-8,13,16-17H,4-6,9-12,14-15H2,1-3H3,(H3,23,24,25). The molecule has 0 aromatic heterocycles. The first-order chi connectivity index (χ1) is 13.5. The second kappa shape index (κ2) is 9.50. The highest BCUT2D eigenvalue weighted by Crippen LogP contribution is 2.41. The third-order valence-electron chi connectivity index (χ3n) is 5.80. The first-order valence-electron chi connectivity index (χ1n) is 10.5. The molecule has 1 saturated heterocycles. The van der Waals surface area contributed by atoms with Crippen molar-refractivity contribution < 1.29 is 14.2 Å². The monoisotopic (exact) mass is 389 g/mol. The van der Waals surface area contributed by atoms with E-state index in [0.29, 0.717) is 25.3 Å². The van der Waals surface area contributed by atoms with Crippen molar-refractivity contribution >= 4 is 5.96 Å². The molecule has 2 heterocycles. The van der Waals surface area contributed by atoms with Gasteiger partial charge in [-0.1, -0.05) is 32.8 Å². The number of guanidine groups is 1. The summed E-state index contributed by atoms with van der Waals surface area (Å²) in [4.78, 5) is 4.73. The summed E-state index contributed by atoms with van der Waals surface area (Å²) in [6.07, 6.45) is 5.41. The predicted molar refractivity (Wildman–Crippen MR) is 112 cm³/mol. The van der Waals surface area contributed by atoms with E-state index in [0.717, 1.165) is 49.9 Å². The van der Waals surface area contributed by atoms with Crippen molar-refractivity contribution in [2.75, 3.05) is 26.6 Å². The van der Waals surface area contributed by atoms with Crippen LogP contribution < -0.4 is 20.5 Å². The summed E-state index contributed by atoms with van der Waals surface area (Å²) in [5.74, 6) is 2.90. The summed E-state index contributed by atoms with van der Waals surface area (Å²) in [6.45, 7) is 9.11. The minimum atomic E-state index is -0.0770. The topological polar surface area (TPSA) is 78.1 Å². The fourth-order valence-electron chi connectivity index (χ4n) is 3.97.